The second-order valence-electron chi connectivity index (χ2n) is 6.93. The lowest BCUT2D eigenvalue weighted by Gasteiger charge is -2.15. The van der Waals surface area contributed by atoms with Crippen molar-refractivity contribution in [2.24, 2.45) is 11.8 Å². The SMILES string of the molecule is CC[C@H]1C[C@@H](Nc2ncncc2C(=O)c2cc(C(C)=O)c(Cl)s2)C[C@@H]1C. The molecule has 0 aromatic carbocycles. The van der Waals surface area contributed by atoms with Crippen LogP contribution in [-0.4, -0.2) is 27.6 Å². The maximum absolute atomic E-state index is 12.9. The summed E-state index contributed by atoms with van der Waals surface area (Å²) in [5.74, 6) is 1.53. The first-order valence-corrected chi connectivity index (χ1v) is 10.0. The van der Waals surface area contributed by atoms with E-state index in [1.807, 2.05) is 0 Å². The van der Waals surface area contributed by atoms with Gasteiger partial charge in [0.25, 0.3) is 0 Å². The van der Waals surface area contributed by atoms with Gasteiger partial charge in [0.1, 0.15) is 16.5 Å². The number of hydrogen-bond donors (Lipinski definition) is 1. The minimum atomic E-state index is -0.217. The fourth-order valence-corrected chi connectivity index (χ4v) is 5.00. The minimum Gasteiger partial charge on any atom is -0.367 e. The van der Waals surface area contributed by atoms with E-state index >= 15 is 0 Å². The average Bonchev–Trinajstić information content (AvgIpc) is 3.17. The van der Waals surface area contributed by atoms with Crippen LogP contribution in [0.2, 0.25) is 4.34 Å². The summed E-state index contributed by atoms with van der Waals surface area (Å²) < 4.78 is 0.336. The van der Waals surface area contributed by atoms with Gasteiger partial charge in [0.2, 0.25) is 5.78 Å². The Balaban J connectivity index is 1.84. The molecule has 138 valence electrons. The molecule has 0 radical (unpaired) electrons. The molecule has 3 atom stereocenters. The molecule has 1 fully saturated rings. The van der Waals surface area contributed by atoms with Crippen molar-refractivity contribution < 1.29 is 9.59 Å². The fourth-order valence-electron chi connectivity index (χ4n) is 3.68. The predicted molar refractivity (Wildman–Crippen MR) is 104 cm³/mol. The van der Waals surface area contributed by atoms with Gasteiger partial charge in [-0.15, -0.1) is 11.3 Å². The molecule has 1 N–H and O–H groups in total. The van der Waals surface area contributed by atoms with Crippen molar-refractivity contribution in [2.45, 2.75) is 46.1 Å². The average molecular weight is 392 g/mol. The maximum atomic E-state index is 12.9. The van der Waals surface area contributed by atoms with Gasteiger partial charge in [-0.2, -0.15) is 0 Å². The summed E-state index contributed by atoms with van der Waals surface area (Å²) in [7, 11) is 0. The molecule has 1 saturated carbocycles. The van der Waals surface area contributed by atoms with E-state index in [0.717, 1.165) is 30.6 Å². The van der Waals surface area contributed by atoms with E-state index in [-0.39, 0.29) is 11.6 Å². The van der Waals surface area contributed by atoms with Gasteiger partial charge in [0.05, 0.1) is 10.4 Å². The number of Topliss-reactive ketones (excluding diaryl/α,β-unsaturated/α-hetero) is 1. The number of hydrogen-bond acceptors (Lipinski definition) is 6. The molecule has 2 heterocycles. The summed E-state index contributed by atoms with van der Waals surface area (Å²) in [6.07, 6.45) is 6.27. The molecular formula is C19H22ClN3O2S. The summed E-state index contributed by atoms with van der Waals surface area (Å²) in [6.45, 7) is 5.93. The maximum Gasteiger partial charge on any atom is 0.208 e. The molecule has 5 nitrogen and oxygen atoms in total. The third kappa shape index (κ3) is 3.81. The molecule has 2 aromatic heterocycles. The molecular weight excluding hydrogens is 370 g/mol. The monoisotopic (exact) mass is 391 g/mol. The number of carbonyl (C=O) groups excluding carboxylic acids is 2. The van der Waals surface area contributed by atoms with Gasteiger partial charge in [0.15, 0.2) is 5.78 Å². The van der Waals surface area contributed by atoms with Crippen LogP contribution in [0, 0.1) is 11.8 Å². The number of ketones is 2. The number of rotatable bonds is 6. The first-order chi connectivity index (χ1) is 12.4. The molecule has 7 heteroatoms. The topological polar surface area (TPSA) is 72.0 Å². The molecule has 0 spiro atoms. The summed E-state index contributed by atoms with van der Waals surface area (Å²) >= 11 is 7.21. The first-order valence-electron chi connectivity index (χ1n) is 8.82. The van der Waals surface area contributed by atoms with Crippen LogP contribution in [0.15, 0.2) is 18.6 Å². The standard InChI is InChI=1S/C19H22ClN3O2S/c1-4-12-6-13(5-10(12)2)23-19-15(8-21-9-22-19)17(25)16-7-14(11(3)24)18(20)26-16/h7-10,12-13H,4-6H2,1-3H3,(H,21,22,23)/t10-,12-,13-/m0/s1. The Kier molecular flexibility index (Phi) is 5.73. The van der Waals surface area contributed by atoms with Crippen molar-refractivity contribution in [3.05, 3.63) is 38.9 Å². The number of anilines is 1. The Bertz CT molecular complexity index is 836. The van der Waals surface area contributed by atoms with Gasteiger partial charge < -0.3 is 5.32 Å². The summed E-state index contributed by atoms with van der Waals surface area (Å²) in [5.41, 5.74) is 0.787. The van der Waals surface area contributed by atoms with Crippen LogP contribution in [0.1, 0.15) is 65.6 Å². The van der Waals surface area contributed by atoms with E-state index < -0.39 is 0 Å². The second kappa shape index (κ2) is 7.84. The molecule has 3 rings (SSSR count). The van der Waals surface area contributed by atoms with Gasteiger partial charge >= 0.3 is 0 Å². The lowest BCUT2D eigenvalue weighted by molar-refractivity contribution is 0.101. The highest BCUT2D eigenvalue weighted by Gasteiger charge is 2.31. The predicted octanol–water partition coefficient (Wildman–Crippen LogP) is 4.86. The van der Waals surface area contributed by atoms with Crippen molar-refractivity contribution in [3.63, 3.8) is 0 Å². The highest BCUT2D eigenvalue weighted by molar-refractivity contribution is 7.18. The first kappa shape index (κ1) is 19.0. The molecule has 1 aliphatic rings. The van der Waals surface area contributed by atoms with E-state index in [4.69, 9.17) is 11.6 Å². The molecule has 2 aromatic rings. The van der Waals surface area contributed by atoms with Gasteiger partial charge in [-0.3, -0.25) is 9.59 Å². The molecule has 1 aliphatic carbocycles. The van der Waals surface area contributed by atoms with Gasteiger partial charge in [-0.25, -0.2) is 9.97 Å². The highest BCUT2D eigenvalue weighted by atomic mass is 35.5. The van der Waals surface area contributed by atoms with E-state index in [0.29, 0.717) is 44.0 Å². The Labute approximate surface area is 162 Å². The molecule has 0 bridgehead atoms. The number of carbonyl (C=O) groups is 2. The number of halogens is 1. The van der Waals surface area contributed by atoms with Gasteiger partial charge in [-0.05, 0) is 37.7 Å². The van der Waals surface area contributed by atoms with Crippen molar-refractivity contribution in [1.82, 2.24) is 9.97 Å². The number of aromatic nitrogens is 2. The fraction of sp³-hybridized carbons (Fsp3) is 0.474. The Hall–Kier alpha value is -1.79. The summed E-state index contributed by atoms with van der Waals surface area (Å²) in [6, 6.07) is 1.86. The van der Waals surface area contributed by atoms with Gasteiger partial charge in [0, 0.05) is 17.8 Å². The normalized spacial score (nSPS) is 22.4. The smallest absolute Gasteiger partial charge is 0.208 e. The number of nitrogens with one attached hydrogen (secondary N) is 1. The van der Waals surface area contributed by atoms with Crippen molar-refractivity contribution in [3.8, 4) is 0 Å². The zero-order valence-electron chi connectivity index (χ0n) is 15.1. The Morgan fingerprint density at radius 3 is 2.73 bits per heavy atom. The number of thiophene rings is 1. The second-order valence-corrected chi connectivity index (χ2v) is 8.58. The summed E-state index contributed by atoms with van der Waals surface area (Å²) in [5, 5.41) is 3.43. The lowest BCUT2D eigenvalue weighted by atomic mass is 9.96. The Morgan fingerprint density at radius 2 is 2.12 bits per heavy atom. The van der Waals surface area contributed by atoms with Crippen LogP contribution in [0.25, 0.3) is 0 Å². The molecule has 0 unspecified atom stereocenters. The van der Waals surface area contributed by atoms with E-state index in [2.05, 4.69) is 29.1 Å². The van der Waals surface area contributed by atoms with E-state index in [9.17, 15) is 9.59 Å². The highest BCUT2D eigenvalue weighted by Crippen LogP contribution is 2.36. The molecule has 0 aliphatic heterocycles. The largest absolute Gasteiger partial charge is 0.367 e. The van der Waals surface area contributed by atoms with Crippen molar-refractivity contribution in [1.29, 1.82) is 0 Å². The number of nitrogens with zero attached hydrogens (tertiary/aromatic N) is 2. The van der Waals surface area contributed by atoms with Crippen LogP contribution in [0.4, 0.5) is 5.82 Å². The van der Waals surface area contributed by atoms with Crippen LogP contribution in [-0.2, 0) is 0 Å². The summed E-state index contributed by atoms with van der Waals surface area (Å²) in [4.78, 5) is 33.3. The minimum absolute atomic E-state index is 0.154. The van der Waals surface area contributed by atoms with Crippen molar-refractivity contribution in [2.75, 3.05) is 5.32 Å². The zero-order valence-corrected chi connectivity index (χ0v) is 16.7. The third-order valence-corrected chi connectivity index (χ3v) is 6.52. The van der Waals surface area contributed by atoms with Crippen LogP contribution in [0.3, 0.4) is 0 Å². The quantitative estimate of drug-likeness (QED) is 0.712. The Morgan fingerprint density at radius 1 is 1.35 bits per heavy atom. The molecule has 0 saturated heterocycles. The van der Waals surface area contributed by atoms with Crippen LogP contribution < -0.4 is 5.32 Å². The lowest BCUT2D eigenvalue weighted by Crippen LogP contribution is -2.19. The van der Waals surface area contributed by atoms with Crippen molar-refractivity contribution >= 4 is 40.3 Å². The van der Waals surface area contributed by atoms with Crippen LogP contribution in [0.5, 0.6) is 0 Å². The van der Waals surface area contributed by atoms with E-state index in [1.54, 1.807) is 6.07 Å². The molecule has 26 heavy (non-hydrogen) atoms. The van der Waals surface area contributed by atoms with Gasteiger partial charge in [-0.1, -0.05) is 31.9 Å². The third-order valence-electron chi connectivity index (χ3n) is 5.16. The van der Waals surface area contributed by atoms with E-state index in [1.165, 1.54) is 19.4 Å². The zero-order chi connectivity index (χ0) is 18.8. The molecule has 0 amide bonds. The van der Waals surface area contributed by atoms with Crippen LogP contribution >= 0.6 is 22.9 Å².